The van der Waals surface area contributed by atoms with Crippen molar-refractivity contribution < 1.29 is 19.2 Å². The van der Waals surface area contributed by atoms with Gasteiger partial charge in [0.05, 0.1) is 14.1 Å². The van der Waals surface area contributed by atoms with Gasteiger partial charge in [0.2, 0.25) is 5.91 Å². The number of hydrogen-bond donors (Lipinski definition) is 1. The van der Waals surface area contributed by atoms with Crippen LogP contribution in [0.15, 0.2) is 12.2 Å². The first-order chi connectivity index (χ1) is 14.1. The molecule has 0 aliphatic rings. The Morgan fingerprint density at radius 2 is 1.30 bits per heavy atom. The number of rotatable bonds is 19. The minimum atomic E-state index is -1.11. The lowest BCUT2D eigenvalue weighted by atomic mass is 10.0. The second-order valence-corrected chi connectivity index (χ2v) is 9.62. The lowest BCUT2D eigenvalue weighted by Gasteiger charge is -2.44. The summed E-state index contributed by atoms with van der Waals surface area (Å²) < 4.78 is 0.146. The Bertz CT molecular complexity index is 499. The van der Waals surface area contributed by atoms with Crippen LogP contribution in [0.5, 0.6) is 0 Å². The minimum absolute atomic E-state index is 0.00650. The van der Waals surface area contributed by atoms with E-state index in [1.54, 1.807) is 27.9 Å². The van der Waals surface area contributed by atoms with E-state index < -0.39 is 11.5 Å². The van der Waals surface area contributed by atoms with Crippen LogP contribution in [0.4, 0.5) is 0 Å². The maximum Gasteiger partial charge on any atom is 0.224 e. The Morgan fingerprint density at radius 1 is 0.833 bits per heavy atom. The van der Waals surface area contributed by atoms with Gasteiger partial charge in [0.25, 0.3) is 0 Å². The van der Waals surface area contributed by atoms with E-state index in [9.17, 15) is 14.7 Å². The van der Waals surface area contributed by atoms with Crippen molar-refractivity contribution in [3.63, 3.8) is 0 Å². The first kappa shape index (κ1) is 28.6. The molecule has 0 aromatic carbocycles. The van der Waals surface area contributed by atoms with Gasteiger partial charge in [-0.1, -0.05) is 70.4 Å². The fourth-order valence-corrected chi connectivity index (χ4v) is 3.18. The Balaban J connectivity index is 3.61. The molecule has 1 N–H and O–H groups in total. The van der Waals surface area contributed by atoms with Gasteiger partial charge in [-0.3, -0.25) is 4.79 Å². The molecule has 30 heavy (non-hydrogen) atoms. The molecule has 0 bridgehead atoms. The van der Waals surface area contributed by atoms with Crippen LogP contribution < -0.4 is 10.4 Å². The number of likely N-dealkylation sites (N-methyl/N-ethyl adjacent to an activating group) is 1. The van der Waals surface area contributed by atoms with Gasteiger partial charge in [-0.05, 0) is 46.0 Å². The summed E-state index contributed by atoms with van der Waals surface area (Å²) in [4.78, 5) is 23.3. The van der Waals surface area contributed by atoms with Crippen molar-refractivity contribution in [3.8, 4) is 0 Å². The van der Waals surface area contributed by atoms with Crippen LogP contribution >= 0.6 is 0 Å². The van der Waals surface area contributed by atoms with Gasteiger partial charge in [-0.15, -0.1) is 0 Å². The normalized spacial score (nSPS) is 12.4. The molecule has 1 amide bonds. The summed E-state index contributed by atoms with van der Waals surface area (Å²) in [6, 6.07) is 0. The lowest BCUT2D eigenvalue weighted by Crippen LogP contribution is -2.67. The summed E-state index contributed by atoms with van der Waals surface area (Å²) in [5.41, 5.74) is -1.06. The van der Waals surface area contributed by atoms with Crippen molar-refractivity contribution in [1.29, 1.82) is 0 Å². The highest BCUT2D eigenvalue weighted by atomic mass is 16.4. The third-order valence-electron chi connectivity index (χ3n) is 6.35. The van der Waals surface area contributed by atoms with E-state index in [0.717, 1.165) is 25.7 Å². The van der Waals surface area contributed by atoms with Crippen molar-refractivity contribution in [1.82, 2.24) is 5.32 Å². The molecule has 0 radical (unpaired) electrons. The minimum Gasteiger partial charge on any atom is -0.544 e. The highest BCUT2D eigenvalue weighted by Crippen LogP contribution is 2.18. The van der Waals surface area contributed by atoms with Crippen LogP contribution in [0.2, 0.25) is 0 Å². The van der Waals surface area contributed by atoms with Gasteiger partial charge in [0.1, 0.15) is 11.5 Å². The van der Waals surface area contributed by atoms with E-state index in [-0.39, 0.29) is 17.1 Å². The Morgan fingerprint density at radius 3 is 1.80 bits per heavy atom. The standard InChI is InChI=1S/C25H48N2O3/c1-6-7-8-9-10-11-12-13-14-15-16-17-18-19-20-21-23(28)26-22-27(4,5)25(2,3)24(29)30/h13-14H,6-12,15-22H2,1-5H3,(H-,26,28,29,30)/b14-13-. The Hall–Kier alpha value is -1.36. The molecule has 0 aliphatic carbocycles. The molecule has 0 aromatic heterocycles. The molecule has 0 unspecified atom stereocenters. The molecule has 0 saturated heterocycles. The predicted molar refractivity (Wildman–Crippen MR) is 124 cm³/mol. The molecule has 176 valence electrons. The van der Waals surface area contributed by atoms with Gasteiger partial charge in [-0.25, -0.2) is 0 Å². The number of hydrogen-bond acceptors (Lipinski definition) is 3. The number of nitrogens with one attached hydrogen (secondary N) is 1. The molecule has 0 aliphatic heterocycles. The fraction of sp³-hybridized carbons (Fsp3) is 0.840. The molecule has 0 fully saturated rings. The average molecular weight is 425 g/mol. The summed E-state index contributed by atoms with van der Waals surface area (Å²) >= 11 is 0. The number of carbonyl (C=O) groups excluding carboxylic acids is 2. The fourth-order valence-electron chi connectivity index (χ4n) is 3.18. The highest BCUT2D eigenvalue weighted by Gasteiger charge is 2.38. The summed E-state index contributed by atoms with van der Waals surface area (Å²) in [5, 5.41) is 14.2. The third-order valence-corrected chi connectivity index (χ3v) is 6.35. The quantitative estimate of drug-likeness (QED) is 0.141. The second-order valence-electron chi connectivity index (χ2n) is 9.62. The number of carbonyl (C=O) groups is 2. The van der Waals surface area contributed by atoms with Crippen LogP contribution in [0.25, 0.3) is 0 Å². The van der Waals surface area contributed by atoms with Gasteiger partial charge in [-0.2, -0.15) is 0 Å². The van der Waals surface area contributed by atoms with Crippen LogP contribution in [0.3, 0.4) is 0 Å². The monoisotopic (exact) mass is 424 g/mol. The molecule has 0 spiro atoms. The first-order valence-corrected chi connectivity index (χ1v) is 12.1. The smallest absolute Gasteiger partial charge is 0.224 e. The SMILES string of the molecule is CCCCCCCC/C=C\CCCCCCCC(=O)NC[N+](C)(C)C(C)(C)C(=O)[O-]. The molecule has 5 nitrogen and oxygen atoms in total. The molecular formula is C25H48N2O3. The zero-order valence-electron chi connectivity index (χ0n) is 20.4. The summed E-state index contributed by atoms with van der Waals surface area (Å²) in [6.45, 7) is 5.79. The van der Waals surface area contributed by atoms with Crippen LogP contribution in [-0.4, -0.2) is 42.7 Å². The number of nitrogens with zero attached hydrogens (tertiary/aromatic N) is 1. The van der Waals surface area contributed by atoms with E-state index in [0.29, 0.717) is 6.42 Å². The number of allylic oxidation sites excluding steroid dienone is 2. The van der Waals surface area contributed by atoms with Crippen LogP contribution in [0.1, 0.15) is 111 Å². The lowest BCUT2D eigenvalue weighted by molar-refractivity contribution is -0.931. The van der Waals surface area contributed by atoms with Crippen molar-refractivity contribution in [2.45, 2.75) is 116 Å². The molecule has 5 heteroatoms. The Kier molecular flexibility index (Phi) is 15.6. The van der Waals surface area contributed by atoms with E-state index in [1.807, 2.05) is 0 Å². The highest BCUT2D eigenvalue weighted by molar-refractivity contribution is 5.76. The van der Waals surface area contributed by atoms with Gasteiger partial charge in [0, 0.05) is 6.42 Å². The summed E-state index contributed by atoms with van der Waals surface area (Å²) in [7, 11) is 3.58. The number of amides is 1. The maximum atomic E-state index is 12.0. The zero-order valence-corrected chi connectivity index (χ0v) is 20.4. The zero-order chi connectivity index (χ0) is 22.9. The second kappa shape index (κ2) is 16.3. The summed E-state index contributed by atoms with van der Waals surface area (Å²) in [6.07, 6.45) is 21.3. The number of unbranched alkanes of at least 4 members (excludes halogenated alkanes) is 11. The van der Waals surface area contributed by atoms with Crippen molar-refractivity contribution in [2.75, 3.05) is 20.8 Å². The van der Waals surface area contributed by atoms with Gasteiger partial charge >= 0.3 is 0 Å². The largest absolute Gasteiger partial charge is 0.544 e. The number of carboxylic acid groups (broad SMARTS) is 1. The van der Waals surface area contributed by atoms with E-state index in [2.05, 4.69) is 24.4 Å². The van der Waals surface area contributed by atoms with Crippen LogP contribution in [0, 0.1) is 0 Å². The molecule has 0 rings (SSSR count). The molecule has 0 heterocycles. The van der Waals surface area contributed by atoms with Crippen LogP contribution in [-0.2, 0) is 9.59 Å². The number of aliphatic carboxylic acids is 1. The van der Waals surface area contributed by atoms with E-state index >= 15 is 0 Å². The van der Waals surface area contributed by atoms with Gasteiger partial charge in [0.15, 0.2) is 6.67 Å². The van der Waals surface area contributed by atoms with E-state index in [1.165, 1.54) is 57.8 Å². The van der Waals surface area contributed by atoms with Gasteiger partial charge < -0.3 is 19.7 Å². The first-order valence-electron chi connectivity index (χ1n) is 12.1. The maximum absolute atomic E-state index is 12.0. The molecular weight excluding hydrogens is 376 g/mol. The van der Waals surface area contributed by atoms with Crippen molar-refractivity contribution >= 4 is 11.9 Å². The molecule has 0 atom stereocenters. The molecule has 0 aromatic rings. The van der Waals surface area contributed by atoms with Crippen molar-refractivity contribution in [2.24, 2.45) is 0 Å². The van der Waals surface area contributed by atoms with E-state index in [4.69, 9.17) is 0 Å². The number of carboxylic acids is 1. The number of quaternary nitrogens is 1. The average Bonchev–Trinajstić information content (AvgIpc) is 2.69. The topological polar surface area (TPSA) is 69.2 Å². The Labute approximate surface area is 185 Å². The third kappa shape index (κ3) is 13.0. The molecule has 0 saturated carbocycles. The van der Waals surface area contributed by atoms with Crippen molar-refractivity contribution in [3.05, 3.63) is 12.2 Å². The predicted octanol–water partition coefficient (Wildman–Crippen LogP) is 4.70. The summed E-state index contributed by atoms with van der Waals surface area (Å²) in [5.74, 6) is -1.12.